The van der Waals surface area contributed by atoms with Crippen LogP contribution in [-0.2, 0) is 11.0 Å². The topological polar surface area (TPSA) is 74.9 Å². The Morgan fingerprint density at radius 2 is 1.84 bits per heavy atom. The number of nitrogens with two attached hydrogens (primary N) is 1. The fraction of sp³-hybridized carbons (Fsp3) is 0.167. The Bertz CT molecular complexity index is 515. The smallest absolute Gasteiger partial charge is 0.416 e. The average Bonchev–Trinajstić information content (AvgIpc) is 2.28. The zero-order valence-corrected chi connectivity index (χ0v) is 9.95. The number of benzene rings is 1. The minimum atomic E-state index is -4.43. The van der Waals surface area contributed by atoms with Crippen molar-refractivity contribution in [1.82, 2.24) is 0 Å². The number of alkyl halides is 3. The van der Waals surface area contributed by atoms with Crippen LogP contribution >= 0.6 is 0 Å². The van der Waals surface area contributed by atoms with Crippen LogP contribution in [-0.4, -0.2) is 17.2 Å². The van der Waals surface area contributed by atoms with E-state index in [0.29, 0.717) is 0 Å². The molecule has 1 aromatic rings. The highest BCUT2D eigenvalue weighted by Crippen LogP contribution is 2.29. The van der Waals surface area contributed by atoms with Gasteiger partial charge in [0.15, 0.2) is 6.21 Å². The predicted molar refractivity (Wildman–Crippen MR) is 63.4 cm³/mol. The van der Waals surface area contributed by atoms with Gasteiger partial charge in [-0.2, -0.15) is 13.2 Å². The number of carbonyl (C=O) groups excluding carboxylic acids is 1. The molecule has 102 valence electrons. The zero-order chi connectivity index (χ0) is 14.6. The lowest BCUT2D eigenvalue weighted by Gasteiger charge is -2.08. The third-order valence-electron chi connectivity index (χ3n) is 2.27. The fourth-order valence-corrected chi connectivity index (χ4v) is 1.30. The van der Waals surface area contributed by atoms with Gasteiger partial charge in [0, 0.05) is 5.69 Å². The number of aliphatic hydroxyl groups excluding tert-OH is 1. The monoisotopic (exact) mass is 273 g/mol. The van der Waals surface area contributed by atoms with Gasteiger partial charge in [-0.1, -0.05) is 0 Å². The van der Waals surface area contributed by atoms with Gasteiger partial charge in [-0.3, -0.25) is 10.2 Å². The minimum Gasteiger partial charge on any atom is -0.512 e. The molecule has 0 fully saturated rings. The van der Waals surface area contributed by atoms with E-state index in [1.807, 2.05) is 0 Å². The molecular weight excluding hydrogens is 261 g/mol. The van der Waals surface area contributed by atoms with Crippen LogP contribution in [0, 0.1) is 0 Å². The SMILES string of the molecule is C/C(O)=C(/C=[NH2+])C(=O)Nc1ccc(C(F)(F)F)cc1. The Balaban J connectivity index is 2.88. The summed E-state index contributed by atoms with van der Waals surface area (Å²) >= 11 is 0. The van der Waals surface area contributed by atoms with Crippen LogP contribution in [0.1, 0.15) is 12.5 Å². The van der Waals surface area contributed by atoms with Crippen molar-refractivity contribution in [3.8, 4) is 0 Å². The molecule has 0 aliphatic carbocycles. The lowest BCUT2D eigenvalue weighted by molar-refractivity contribution is -0.137. The van der Waals surface area contributed by atoms with Gasteiger partial charge in [0.1, 0.15) is 11.3 Å². The van der Waals surface area contributed by atoms with E-state index in [1.54, 1.807) is 0 Å². The molecule has 1 amide bonds. The maximum absolute atomic E-state index is 12.3. The molecule has 7 heteroatoms. The number of aliphatic hydroxyl groups is 1. The summed E-state index contributed by atoms with van der Waals surface area (Å²) in [5, 5.41) is 16.6. The Labute approximate surface area is 107 Å². The zero-order valence-electron chi connectivity index (χ0n) is 9.95. The van der Waals surface area contributed by atoms with E-state index >= 15 is 0 Å². The van der Waals surface area contributed by atoms with Crippen LogP contribution in [0.5, 0.6) is 0 Å². The molecule has 4 nitrogen and oxygen atoms in total. The third kappa shape index (κ3) is 3.84. The molecular formula is C12H12F3N2O2+. The van der Waals surface area contributed by atoms with Gasteiger partial charge in [-0.25, -0.2) is 0 Å². The normalized spacial score (nSPS) is 12.6. The van der Waals surface area contributed by atoms with Gasteiger partial charge in [-0.15, -0.1) is 0 Å². The molecule has 1 rings (SSSR count). The molecule has 0 spiro atoms. The lowest BCUT2D eigenvalue weighted by atomic mass is 10.2. The van der Waals surface area contributed by atoms with Gasteiger partial charge in [0.05, 0.1) is 5.56 Å². The summed E-state index contributed by atoms with van der Waals surface area (Å²) in [6.07, 6.45) is -3.52. The van der Waals surface area contributed by atoms with Crippen molar-refractivity contribution >= 4 is 17.8 Å². The Kier molecular flexibility index (Phi) is 4.31. The second-order valence-corrected chi connectivity index (χ2v) is 3.69. The number of carbonyl (C=O) groups is 1. The van der Waals surface area contributed by atoms with Crippen LogP contribution in [0.2, 0.25) is 0 Å². The van der Waals surface area contributed by atoms with Crippen LogP contribution < -0.4 is 10.7 Å². The number of hydrogen-bond donors (Lipinski definition) is 3. The predicted octanol–water partition coefficient (Wildman–Crippen LogP) is 1.31. The molecule has 0 saturated carbocycles. The molecule has 19 heavy (non-hydrogen) atoms. The van der Waals surface area contributed by atoms with Crippen molar-refractivity contribution < 1.29 is 28.5 Å². The maximum Gasteiger partial charge on any atom is 0.416 e. The Hall–Kier alpha value is -2.31. The molecule has 1 aromatic carbocycles. The van der Waals surface area contributed by atoms with E-state index < -0.39 is 17.6 Å². The molecule has 0 atom stereocenters. The van der Waals surface area contributed by atoms with E-state index in [-0.39, 0.29) is 17.0 Å². The van der Waals surface area contributed by atoms with Crippen molar-refractivity contribution in [2.75, 3.05) is 5.32 Å². The highest BCUT2D eigenvalue weighted by atomic mass is 19.4. The molecule has 4 N–H and O–H groups in total. The average molecular weight is 273 g/mol. The first-order valence-electron chi connectivity index (χ1n) is 5.19. The van der Waals surface area contributed by atoms with Crippen LogP contribution in [0.15, 0.2) is 35.6 Å². The van der Waals surface area contributed by atoms with Crippen LogP contribution in [0.3, 0.4) is 0 Å². The van der Waals surface area contributed by atoms with Gasteiger partial charge in [-0.05, 0) is 31.2 Å². The quantitative estimate of drug-likeness (QED) is 0.441. The number of allylic oxidation sites excluding steroid dienone is 1. The molecule has 0 heterocycles. The first-order valence-corrected chi connectivity index (χ1v) is 5.19. The van der Waals surface area contributed by atoms with Crippen LogP contribution in [0.4, 0.5) is 18.9 Å². The second-order valence-electron chi connectivity index (χ2n) is 3.69. The number of halogens is 3. The van der Waals surface area contributed by atoms with Crippen molar-refractivity contribution in [2.45, 2.75) is 13.1 Å². The summed E-state index contributed by atoms with van der Waals surface area (Å²) in [4.78, 5) is 11.6. The number of anilines is 1. The van der Waals surface area contributed by atoms with Crippen molar-refractivity contribution in [3.05, 3.63) is 41.2 Å². The summed E-state index contributed by atoms with van der Waals surface area (Å²) in [5.74, 6) is -0.992. The molecule has 0 aromatic heterocycles. The molecule has 0 unspecified atom stereocenters. The second kappa shape index (κ2) is 5.55. The molecule has 0 aliphatic rings. The van der Waals surface area contributed by atoms with Crippen molar-refractivity contribution in [3.63, 3.8) is 0 Å². The maximum atomic E-state index is 12.3. The largest absolute Gasteiger partial charge is 0.512 e. The number of hydrogen-bond acceptors (Lipinski definition) is 2. The fourth-order valence-electron chi connectivity index (χ4n) is 1.30. The number of amides is 1. The lowest BCUT2D eigenvalue weighted by Crippen LogP contribution is -2.34. The van der Waals surface area contributed by atoms with E-state index in [4.69, 9.17) is 5.41 Å². The summed E-state index contributed by atoms with van der Waals surface area (Å²) in [7, 11) is 0. The van der Waals surface area contributed by atoms with E-state index in [0.717, 1.165) is 30.5 Å². The van der Waals surface area contributed by atoms with Crippen molar-refractivity contribution in [1.29, 1.82) is 0 Å². The summed E-state index contributed by atoms with van der Waals surface area (Å²) < 4.78 is 37.0. The molecule has 0 aliphatic heterocycles. The summed E-state index contributed by atoms with van der Waals surface area (Å²) in [5.41, 5.74) is -0.802. The third-order valence-corrected chi connectivity index (χ3v) is 2.27. The summed E-state index contributed by atoms with van der Waals surface area (Å²) in [6, 6.07) is 3.91. The van der Waals surface area contributed by atoms with Gasteiger partial charge < -0.3 is 10.4 Å². The van der Waals surface area contributed by atoms with E-state index in [9.17, 15) is 23.1 Å². The highest BCUT2D eigenvalue weighted by molar-refractivity contribution is 6.16. The van der Waals surface area contributed by atoms with Crippen molar-refractivity contribution in [2.24, 2.45) is 0 Å². The standard InChI is InChI=1S/C12H11F3N2O2/c1-7(18)10(6-16)11(19)17-9-4-2-8(3-5-9)12(13,14)15/h2-6,16,18H,1H3,(H,17,19)/p+1/b10-7+,16-6?. The Morgan fingerprint density at radius 3 is 2.21 bits per heavy atom. The van der Waals surface area contributed by atoms with Gasteiger partial charge in [0.2, 0.25) is 0 Å². The highest BCUT2D eigenvalue weighted by Gasteiger charge is 2.30. The van der Waals surface area contributed by atoms with E-state index in [1.165, 1.54) is 6.92 Å². The first kappa shape index (κ1) is 14.7. The molecule has 0 bridgehead atoms. The minimum absolute atomic E-state index is 0.153. The molecule has 0 radical (unpaired) electrons. The number of rotatable bonds is 3. The van der Waals surface area contributed by atoms with E-state index in [2.05, 4.69) is 5.32 Å². The first-order chi connectivity index (χ1) is 8.75. The summed E-state index contributed by atoms with van der Waals surface area (Å²) in [6.45, 7) is 1.27. The van der Waals surface area contributed by atoms with Crippen LogP contribution in [0.25, 0.3) is 0 Å². The Morgan fingerprint density at radius 1 is 1.32 bits per heavy atom. The molecule has 0 saturated heterocycles. The van der Waals surface area contributed by atoms with Gasteiger partial charge >= 0.3 is 6.18 Å². The van der Waals surface area contributed by atoms with Gasteiger partial charge in [0.25, 0.3) is 5.91 Å². The number of nitrogens with one attached hydrogen (secondary N) is 1.